The molecule has 10 heteroatoms. The van der Waals surface area contributed by atoms with Crippen LogP contribution in [0.25, 0.3) is 0 Å². The molecule has 1 N–H and O–H groups in total. The second-order valence-electron chi connectivity index (χ2n) is 8.48. The first-order valence-electron chi connectivity index (χ1n) is 12.1. The van der Waals surface area contributed by atoms with Gasteiger partial charge in [-0.3, -0.25) is 9.10 Å². The van der Waals surface area contributed by atoms with Gasteiger partial charge in [0.2, 0.25) is 5.91 Å². The highest BCUT2D eigenvalue weighted by molar-refractivity contribution is 7.93. The molecule has 0 aliphatic rings. The predicted octanol–water partition coefficient (Wildman–Crippen LogP) is 4.80. The second kappa shape index (κ2) is 13.0. The summed E-state index contributed by atoms with van der Waals surface area (Å²) in [6.45, 7) is 3.59. The van der Waals surface area contributed by atoms with Crippen molar-refractivity contribution < 1.29 is 32.2 Å². The Kier molecular flexibility index (Phi) is 9.72. The van der Waals surface area contributed by atoms with Crippen molar-refractivity contribution in [3.63, 3.8) is 0 Å². The van der Waals surface area contributed by atoms with Crippen LogP contribution in [-0.4, -0.2) is 47.7 Å². The third-order valence-corrected chi connectivity index (χ3v) is 7.45. The molecule has 9 nitrogen and oxygen atoms in total. The van der Waals surface area contributed by atoms with Crippen molar-refractivity contribution in [2.45, 2.75) is 31.6 Å². The molecule has 0 unspecified atom stereocenters. The van der Waals surface area contributed by atoms with Crippen LogP contribution in [0, 0.1) is 6.92 Å². The zero-order chi connectivity index (χ0) is 27.7. The number of hydrogen-bond donors (Lipinski definition) is 1. The zero-order valence-corrected chi connectivity index (χ0v) is 22.7. The van der Waals surface area contributed by atoms with Gasteiger partial charge < -0.3 is 19.5 Å². The van der Waals surface area contributed by atoms with E-state index >= 15 is 0 Å². The summed E-state index contributed by atoms with van der Waals surface area (Å²) in [6, 6.07) is 17.4. The van der Waals surface area contributed by atoms with Gasteiger partial charge in [-0.1, -0.05) is 25.5 Å². The molecule has 0 aliphatic carbocycles. The molecule has 0 aliphatic heterocycles. The number of nitrogens with zero attached hydrogens (tertiary/aromatic N) is 1. The predicted molar refractivity (Wildman–Crippen MR) is 146 cm³/mol. The average molecular weight is 541 g/mol. The fraction of sp³-hybridized carbons (Fsp3) is 0.286. The number of aryl methyl sites for hydroxylation is 1. The maximum absolute atomic E-state index is 13.9. The van der Waals surface area contributed by atoms with Gasteiger partial charge >= 0.3 is 5.97 Å². The molecule has 3 aromatic rings. The number of esters is 1. The van der Waals surface area contributed by atoms with E-state index in [1.54, 1.807) is 49.4 Å². The molecule has 0 bridgehead atoms. The summed E-state index contributed by atoms with van der Waals surface area (Å²) in [5.41, 5.74) is 1.71. The Labute approximate surface area is 223 Å². The van der Waals surface area contributed by atoms with Gasteiger partial charge in [-0.15, -0.1) is 0 Å². The van der Waals surface area contributed by atoms with Gasteiger partial charge in [0.05, 0.1) is 32.1 Å². The normalized spacial score (nSPS) is 10.9. The number of carbonyl (C=O) groups excluding carboxylic acids is 2. The molecule has 0 fully saturated rings. The number of anilines is 2. The Morgan fingerprint density at radius 1 is 0.947 bits per heavy atom. The lowest BCUT2D eigenvalue weighted by Crippen LogP contribution is -2.38. The second-order valence-corrected chi connectivity index (χ2v) is 10.3. The van der Waals surface area contributed by atoms with Crippen LogP contribution in [-0.2, 0) is 19.6 Å². The summed E-state index contributed by atoms with van der Waals surface area (Å²) in [4.78, 5) is 25.1. The minimum absolute atomic E-state index is 0.0680. The van der Waals surface area contributed by atoms with Gasteiger partial charge in [-0.05, 0) is 67.4 Å². The zero-order valence-electron chi connectivity index (χ0n) is 21.9. The van der Waals surface area contributed by atoms with Crippen LogP contribution in [0.15, 0.2) is 71.6 Å². The van der Waals surface area contributed by atoms with E-state index < -0.39 is 28.4 Å². The van der Waals surface area contributed by atoms with Crippen LogP contribution < -0.4 is 19.1 Å². The molecule has 0 saturated heterocycles. The largest absolute Gasteiger partial charge is 0.497 e. The van der Waals surface area contributed by atoms with Gasteiger partial charge in [0, 0.05) is 11.8 Å². The summed E-state index contributed by atoms with van der Waals surface area (Å²) < 4.78 is 44.5. The van der Waals surface area contributed by atoms with Crippen molar-refractivity contribution in [2.24, 2.45) is 0 Å². The van der Waals surface area contributed by atoms with Crippen molar-refractivity contribution >= 4 is 33.3 Å². The molecule has 0 saturated carbocycles. The minimum Gasteiger partial charge on any atom is -0.497 e. The Hall–Kier alpha value is -4.05. The van der Waals surface area contributed by atoms with E-state index in [9.17, 15) is 18.0 Å². The molecule has 0 heterocycles. The number of methoxy groups -OCH3 is 2. The molecule has 38 heavy (non-hydrogen) atoms. The highest BCUT2D eigenvalue weighted by atomic mass is 32.2. The van der Waals surface area contributed by atoms with E-state index in [0.717, 1.165) is 17.1 Å². The minimum atomic E-state index is -4.23. The molecule has 3 aromatic carbocycles. The van der Waals surface area contributed by atoms with Gasteiger partial charge in [-0.2, -0.15) is 0 Å². The van der Waals surface area contributed by atoms with E-state index in [0.29, 0.717) is 29.2 Å². The summed E-state index contributed by atoms with van der Waals surface area (Å²) in [5, 5.41) is 2.69. The van der Waals surface area contributed by atoms with E-state index in [-0.39, 0.29) is 16.3 Å². The van der Waals surface area contributed by atoms with Crippen LogP contribution in [0.4, 0.5) is 11.4 Å². The summed E-state index contributed by atoms with van der Waals surface area (Å²) >= 11 is 0. The van der Waals surface area contributed by atoms with Crippen LogP contribution in [0.2, 0.25) is 0 Å². The lowest BCUT2D eigenvalue weighted by atomic mass is 10.2. The first-order chi connectivity index (χ1) is 18.2. The summed E-state index contributed by atoms with van der Waals surface area (Å²) in [7, 11) is -1.38. The number of hydrogen-bond acceptors (Lipinski definition) is 7. The number of benzene rings is 3. The number of ether oxygens (including phenoxy) is 3. The van der Waals surface area contributed by atoms with Crippen LogP contribution in [0.1, 0.15) is 35.7 Å². The van der Waals surface area contributed by atoms with Gasteiger partial charge in [0.1, 0.15) is 22.9 Å². The SMILES string of the molecule is CCCCOC(=O)c1ccc(NC(=O)CN(c2cccc(OC)c2)S(=O)(=O)c2cc(C)ccc2OC)cc1. The van der Waals surface area contributed by atoms with Crippen LogP contribution in [0.3, 0.4) is 0 Å². The van der Waals surface area contributed by atoms with Crippen molar-refractivity contribution in [3.05, 3.63) is 77.9 Å². The highest BCUT2D eigenvalue weighted by Crippen LogP contribution is 2.32. The van der Waals surface area contributed by atoms with Crippen LogP contribution >= 0.6 is 0 Å². The highest BCUT2D eigenvalue weighted by Gasteiger charge is 2.30. The Morgan fingerprint density at radius 2 is 1.68 bits per heavy atom. The Balaban J connectivity index is 1.87. The molecule has 0 atom stereocenters. The number of sulfonamides is 1. The topological polar surface area (TPSA) is 111 Å². The lowest BCUT2D eigenvalue weighted by molar-refractivity contribution is -0.114. The monoisotopic (exact) mass is 540 g/mol. The van der Waals surface area contributed by atoms with Crippen molar-refractivity contribution in [1.29, 1.82) is 0 Å². The molecule has 0 radical (unpaired) electrons. The Morgan fingerprint density at radius 3 is 2.34 bits per heavy atom. The van der Waals surface area contributed by atoms with E-state index in [4.69, 9.17) is 14.2 Å². The van der Waals surface area contributed by atoms with Crippen molar-refractivity contribution in [3.8, 4) is 11.5 Å². The maximum Gasteiger partial charge on any atom is 0.338 e. The number of unbranched alkanes of at least 4 members (excludes halogenated alkanes) is 1. The standard InChI is InChI=1S/C28H32N2O7S/c1-5-6-16-37-28(32)21-11-13-22(14-12-21)29-27(31)19-30(23-8-7-9-24(18-23)35-3)38(33,34)26-17-20(2)10-15-25(26)36-4/h7-15,17-18H,5-6,16,19H2,1-4H3,(H,29,31). The Bertz CT molecular complexity index is 1370. The third kappa shape index (κ3) is 7.04. The number of nitrogens with one attached hydrogen (secondary N) is 1. The van der Waals surface area contributed by atoms with Crippen LogP contribution in [0.5, 0.6) is 11.5 Å². The third-order valence-electron chi connectivity index (χ3n) is 5.65. The quantitative estimate of drug-likeness (QED) is 0.259. The first-order valence-corrected chi connectivity index (χ1v) is 13.5. The lowest BCUT2D eigenvalue weighted by Gasteiger charge is -2.25. The van der Waals surface area contributed by atoms with Gasteiger partial charge in [-0.25, -0.2) is 13.2 Å². The van der Waals surface area contributed by atoms with E-state index in [1.807, 2.05) is 6.92 Å². The molecule has 0 aromatic heterocycles. The average Bonchev–Trinajstić information content (AvgIpc) is 2.92. The van der Waals surface area contributed by atoms with Crippen molar-refractivity contribution in [2.75, 3.05) is 37.0 Å². The number of rotatable bonds is 12. The molecule has 3 rings (SSSR count). The van der Waals surface area contributed by atoms with Gasteiger partial charge in [0.25, 0.3) is 10.0 Å². The summed E-state index contributed by atoms with van der Waals surface area (Å²) in [5.74, 6) is -0.439. The van der Waals surface area contributed by atoms with Gasteiger partial charge in [0.15, 0.2) is 0 Å². The number of carbonyl (C=O) groups is 2. The fourth-order valence-corrected chi connectivity index (χ4v) is 5.25. The van der Waals surface area contributed by atoms with Crippen molar-refractivity contribution in [1.82, 2.24) is 0 Å². The molecular weight excluding hydrogens is 508 g/mol. The smallest absolute Gasteiger partial charge is 0.338 e. The maximum atomic E-state index is 13.9. The fourth-order valence-electron chi connectivity index (χ4n) is 3.60. The first kappa shape index (κ1) is 28.5. The van der Waals surface area contributed by atoms with E-state index in [1.165, 1.54) is 38.5 Å². The molecule has 1 amide bonds. The summed E-state index contributed by atoms with van der Waals surface area (Å²) in [6.07, 6.45) is 1.69. The van der Waals surface area contributed by atoms with E-state index in [2.05, 4.69) is 5.32 Å². The molecular formula is C28H32N2O7S. The molecule has 202 valence electrons. The molecule has 0 spiro atoms. The number of amides is 1.